The van der Waals surface area contributed by atoms with Gasteiger partial charge >= 0.3 is 41.6 Å². The van der Waals surface area contributed by atoms with E-state index in [0.717, 1.165) is 0 Å². The van der Waals surface area contributed by atoms with Gasteiger partial charge in [0.15, 0.2) is 59.7 Å². The van der Waals surface area contributed by atoms with Gasteiger partial charge in [0.25, 0.3) is 33.8 Å². The number of rotatable bonds is 22. The van der Waals surface area contributed by atoms with Crippen molar-refractivity contribution >= 4 is 178 Å². The fourth-order valence-electron chi connectivity index (χ4n) is 7.49. The Balaban J connectivity index is 0.0000143. The Labute approximate surface area is 356 Å². The van der Waals surface area contributed by atoms with Crippen LogP contribution in [0.15, 0.2) is 0 Å². The topological polar surface area (TPSA) is 299 Å². The van der Waals surface area contributed by atoms with E-state index in [1.807, 2.05) is 58.9 Å². The van der Waals surface area contributed by atoms with Crippen LogP contribution in [-0.4, -0.2) is 228 Å². The summed E-state index contributed by atoms with van der Waals surface area (Å²) < 4.78 is 63.7. The van der Waals surface area contributed by atoms with Crippen LogP contribution in [0.5, 0.6) is 0 Å². The molecule has 0 aliphatic carbocycles. The second-order valence-electron chi connectivity index (χ2n) is 16.5. The average molecular weight is 1130 g/mol. The Morgan fingerprint density at radius 3 is 1.53 bits per heavy atom. The smallest absolute Gasteiger partial charge is 0.338 e. The molecular formula is C14H67BO20Si20. The molecule has 0 aromatic carbocycles. The van der Waals surface area contributed by atoms with Gasteiger partial charge in [0.05, 0.1) is 7.85 Å². The van der Waals surface area contributed by atoms with Crippen LogP contribution in [0.4, 0.5) is 0 Å². The molecule has 1 rings (SSSR count). The van der Waals surface area contributed by atoms with Gasteiger partial charge in [0.2, 0.25) is 25.4 Å². The van der Waals surface area contributed by atoms with E-state index in [9.17, 15) is 43.2 Å². The first-order valence-corrected chi connectivity index (χ1v) is 71.7. The third-order valence-electron chi connectivity index (χ3n) is 9.25. The van der Waals surface area contributed by atoms with Gasteiger partial charge in [0, 0.05) is 32.5 Å². The van der Waals surface area contributed by atoms with Gasteiger partial charge in [-0.25, -0.2) is 0 Å². The highest BCUT2D eigenvalue weighted by molar-refractivity contribution is 8.13. The van der Waals surface area contributed by atoms with E-state index in [-0.39, 0.29) is 21.4 Å². The monoisotopic (exact) mass is 1130 g/mol. The second-order valence-corrected chi connectivity index (χ2v) is 132. The zero-order valence-corrected chi connectivity index (χ0v) is 58.6. The summed E-state index contributed by atoms with van der Waals surface area (Å²) in [5, 5.41) is 0. The molecule has 1 aliphatic heterocycles. The van der Waals surface area contributed by atoms with Gasteiger partial charge in [-0.15, -0.1) is 0 Å². The molecule has 0 spiro atoms. The summed E-state index contributed by atoms with van der Waals surface area (Å²) in [6.07, 6.45) is 0. The van der Waals surface area contributed by atoms with Crippen molar-refractivity contribution in [3.8, 4) is 0 Å². The van der Waals surface area contributed by atoms with Crippen molar-refractivity contribution in [2.45, 2.75) is 83.6 Å². The van der Waals surface area contributed by atoms with Crippen molar-refractivity contribution in [3.63, 3.8) is 0 Å². The van der Waals surface area contributed by atoms with Gasteiger partial charge in [-0.1, -0.05) is 5.94 Å². The maximum absolute atomic E-state index is 13.1. The number of hydrogen-bond donors (Lipinski definition) is 9. The summed E-state index contributed by atoms with van der Waals surface area (Å²) in [4.78, 5) is 119. The molecule has 20 nitrogen and oxygen atoms in total. The van der Waals surface area contributed by atoms with Crippen molar-refractivity contribution in [2.24, 2.45) is 0 Å². The molecule has 0 aromatic rings. The SMILES string of the molecule is O=O.[B]C[Si](C)(O)[Si]1([SiH2]O)O[Si](C)(O[Si](C)(C)C)C[Si](C)(O[Si](C)(C)C)O[Si](O[Si](O[SiH2]O)([SiH2]O)[SiH2]O)([Si](O[SiH2]O)([SiH2]O)[SiH2]O)[Si]1(O[SiH](C)O)[Si](C)([SiH3])OC. The van der Waals surface area contributed by atoms with Crippen LogP contribution in [0, 0.1) is 9.93 Å². The minimum atomic E-state index is -5.08. The minimum absolute atomic E-state index is 0.103. The molecular weight excluding hydrogens is 1060 g/mol. The molecule has 9 N–H and O–H groups in total. The van der Waals surface area contributed by atoms with Crippen molar-refractivity contribution in [3.05, 3.63) is 9.93 Å². The molecule has 0 saturated carbocycles. The Morgan fingerprint density at radius 1 is 0.782 bits per heavy atom. The molecule has 1 heterocycles. The van der Waals surface area contributed by atoms with E-state index in [1.165, 1.54) is 13.7 Å². The molecule has 8 unspecified atom stereocenters. The van der Waals surface area contributed by atoms with Crippen LogP contribution in [0.25, 0.3) is 0 Å². The van der Waals surface area contributed by atoms with Gasteiger partial charge in [-0.05, 0) is 72.0 Å². The van der Waals surface area contributed by atoms with Crippen LogP contribution < -0.4 is 0 Å². The van der Waals surface area contributed by atoms with Crippen molar-refractivity contribution in [1.82, 2.24) is 0 Å². The van der Waals surface area contributed by atoms with E-state index in [1.54, 1.807) is 6.55 Å². The molecule has 1 aliphatic rings. The molecule has 55 heavy (non-hydrogen) atoms. The quantitative estimate of drug-likeness (QED) is 0.0455. The Morgan fingerprint density at radius 2 is 1.22 bits per heavy atom. The lowest BCUT2D eigenvalue weighted by molar-refractivity contribution is 0.296. The summed E-state index contributed by atoms with van der Waals surface area (Å²) in [6.45, 7) is 7.01. The van der Waals surface area contributed by atoms with Gasteiger partial charge in [-0.2, -0.15) is 0 Å². The summed E-state index contributed by atoms with van der Waals surface area (Å²) in [7, 11) is -42.4. The first kappa shape index (κ1) is 58.3. The third kappa shape index (κ3) is 12.5. The lowest BCUT2D eigenvalue weighted by Crippen LogP contribution is -3.07. The second kappa shape index (κ2) is 22.3. The van der Waals surface area contributed by atoms with Crippen LogP contribution in [0.1, 0.15) is 0 Å². The highest BCUT2D eigenvalue weighted by Gasteiger charge is 2.92. The minimum Gasteiger partial charge on any atom is -0.440 e. The lowest BCUT2D eigenvalue weighted by Gasteiger charge is -2.68. The first-order valence-electron chi connectivity index (χ1n) is 17.5. The van der Waals surface area contributed by atoms with Crippen molar-refractivity contribution in [1.29, 1.82) is 0 Å². The summed E-state index contributed by atoms with van der Waals surface area (Å²) in [5.74, 6) is -0.298. The molecule has 326 valence electrons. The molecule has 41 heteroatoms. The molecule has 0 amide bonds. The zero-order valence-electron chi connectivity index (χ0n) is 34.5. The predicted molar refractivity (Wildman–Crippen MR) is 262 cm³/mol. The van der Waals surface area contributed by atoms with Crippen LogP contribution >= 0.6 is 0 Å². The normalized spacial score (nSPS) is 34.6. The summed E-state index contributed by atoms with van der Waals surface area (Å²) in [6, 6.07) is 0. The Hall–Kier alpha value is 3.28. The first-order chi connectivity index (χ1) is 25.0. The maximum atomic E-state index is 13.1. The Kier molecular flexibility index (Phi) is 23.6. The molecule has 2 radical (unpaired) electrons. The van der Waals surface area contributed by atoms with Gasteiger partial charge < -0.3 is 80.5 Å². The summed E-state index contributed by atoms with van der Waals surface area (Å²) >= 11 is 0. The largest absolute Gasteiger partial charge is 0.440 e. The number of hydrogen-bond acceptors (Lipinski definition) is 20. The zero-order chi connectivity index (χ0) is 43.8. The molecule has 8 atom stereocenters. The fourth-order valence-corrected chi connectivity index (χ4v) is 362. The molecule has 0 aromatic heterocycles. The molecule has 1 saturated heterocycles. The van der Waals surface area contributed by atoms with E-state index >= 15 is 0 Å². The molecule has 0 bridgehead atoms. The van der Waals surface area contributed by atoms with Gasteiger partial charge in [-0.3, -0.25) is 0 Å². The van der Waals surface area contributed by atoms with E-state index in [4.69, 9.17) is 55.1 Å². The lowest BCUT2D eigenvalue weighted by atomic mass is 10.2. The van der Waals surface area contributed by atoms with E-state index in [0.29, 0.717) is 0 Å². The fraction of sp³-hybridized carbons (Fsp3) is 1.00. The van der Waals surface area contributed by atoms with Crippen LogP contribution in [0.2, 0.25) is 83.6 Å². The van der Waals surface area contributed by atoms with E-state index < -0.39 is 160 Å². The predicted octanol–water partition coefficient (Wildman–Crippen LogP) is -10.9. The van der Waals surface area contributed by atoms with Crippen LogP contribution in [0.3, 0.4) is 0 Å². The third-order valence-corrected chi connectivity index (χ3v) is 211. The van der Waals surface area contributed by atoms with Crippen molar-refractivity contribution in [2.75, 3.05) is 7.11 Å². The average Bonchev–Trinajstić information content (AvgIpc) is 3.06. The van der Waals surface area contributed by atoms with Gasteiger partial charge in [0.1, 0.15) is 0 Å². The highest BCUT2D eigenvalue weighted by Crippen LogP contribution is 2.51. The van der Waals surface area contributed by atoms with Crippen molar-refractivity contribution < 1.29 is 80.5 Å². The van der Waals surface area contributed by atoms with E-state index in [2.05, 4.69) is 0 Å². The van der Waals surface area contributed by atoms with Crippen LogP contribution in [-0.2, 0) is 37.3 Å². The Bertz CT molecular complexity index is 1190. The standard InChI is InChI=1S/C14H67BO18Si20.O2/c1-25-48(12,34)53(28-42(2)23)50(51(39-20,40-21)27-36-17,33-49(37-18,38-19)26-35-16)31-46(10,29-43(3,4)5)14-47(11,30-44(6,7)8)32-52(53,41-22)45(9,24)13-15;1-2/h16-24,42H,13-14,35-41H2,1-12,34H3;. The summed E-state index contributed by atoms with van der Waals surface area (Å²) in [5.41, 5.74) is 0.103. The maximum Gasteiger partial charge on any atom is 0.338 e. The highest BCUT2D eigenvalue weighted by atomic mass is 30.3. The molecule has 1 fully saturated rings.